The van der Waals surface area contributed by atoms with E-state index in [4.69, 9.17) is 5.73 Å². The van der Waals surface area contributed by atoms with Crippen molar-refractivity contribution in [2.24, 2.45) is 11.1 Å². The van der Waals surface area contributed by atoms with Gasteiger partial charge in [0.1, 0.15) is 4.88 Å². The zero-order valence-electron chi connectivity index (χ0n) is 11.3. The zero-order valence-corrected chi connectivity index (χ0v) is 12.9. The molecule has 0 radical (unpaired) electrons. The Bertz CT molecular complexity index is 394. The van der Waals surface area contributed by atoms with Crippen LogP contribution in [-0.4, -0.2) is 40.5 Å². The molecule has 1 rings (SSSR count). The van der Waals surface area contributed by atoms with Crippen LogP contribution in [0.15, 0.2) is 0 Å². The average molecular weight is 293 g/mol. The van der Waals surface area contributed by atoms with Gasteiger partial charge in [-0.15, -0.1) is 17.5 Å². The molecule has 1 heterocycles. The number of rotatable bonds is 5. The molecular formula is C11H21ClN4OS. The van der Waals surface area contributed by atoms with Gasteiger partial charge in [-0.3, -0.25) is 4.79 Å². The molecule has 0 bridgehead atoms. The van der Waals surface area contributed by atoms with Gasteiger partial charge in [-0.1, -0.05) is 25.3 Å². The van der Waals surface area contributed by atoms with E-state index in [1.807, 2.05) is 20.8 Å². The summed E-state index contributed by atoms with van der Waals surface area (Å²) >= 11 is 1.16. The molecule has 7 heteroatoms. The van der Waals surface area contributed by atoms with Gasteiger partial charge in [-0.05, 0) is 29.9 Å². The topological polar surface area (TPSA) is 72.1 Å². The molecular weight excluding hydrogens is 272 g/mol. The molecule has 0 aromatic carbocycles. The maximum absolute atomic E-state index is 12.2. The number of aryl methyl sites for hydroxylation is 1. The van der Waals surface area contributed by atoms with E-state index in [0.29, 0.717) is 18.0 Å². The minimum atomic E-state index is -0.0745. The van der Waals surface area contributed by atoms with E-state index in [-0.39, 0.29) is 23.7 Å². The lowest BCUT2D eigenvalue weighted by molar-refractivity contribution is 0.0744. The fourth-order valence-electron chi connectivity index (χ4n) is 1.55. The molecule has 1 aromatic heterocycles. The molecule has 0 aliphatic heterocycles. The van der Waals surface area contributed by atoms with Gasteiger partial charge < -0.3 is 10.6 Å². The first-order valence-electron chi connectivity index (χ1n) is 5.68. The number of amides is 1. The SMILES string of the molecule is CCc1nnsc1C(=O)N(C)CC(C)(C)CN.Cl. The second-order valence-corrected chi connectivity index (χ2v) is 5.69. The molecule has 0 atom stereocenters. The highest BCUT2D eigenvalue weighted by molar-refractivity contribution is 7.07. The van der Waals surface area contributed by atoms with E-state index >= 15 is 0 Å². The van der Waals surface area contributed by atoms with Crippen LogP contribution in [0.4, 0.5) is 0 Å². The summed E-state index contributed by atoms with van der Waals surface area (Å²) in [5.41, 5.74) is 6.37. The Hall–Kier alpha value is -0.720. The van der Waals surface area contributed by atoms with Crippen LogP contribution in [-0.2, 0) is 6.42 Å². The van der Waals surface area contributed by atoms with Crippen molar-refractivity contribution in [2.75, 3.05) is 20.1 Å². The predicted molar refractivity (Wildman–Crippen MR) is 76.3 cm³/mol. The normalized spacial score (nSPS) is 10.9. The lowest BCUT2D eigenvalue weighted by Gasteiger charge is -2.28. The van der Waals surface area contributed by atoms with E-state index in [1.165, 1.54) is 0 Å². The summed E-state index contributed by atoms with van der Waals surface area (Å²) in [6, 6.07) is 0. The number of carbonyl (C=O) groups excluding carboxylic acids is 1. The van der Waals surface area contributed by atoms with Gasteiger partial charge in [0.05, 0.1) is 5.69 Å². The molecule has 1 amide bonds. The van der Waals surface area contributed by atoms with Gasteiger partial charge in [0.15, 0.2) is 0 Å². The van der Waals surface area contributed by atoms with Crippen molar-refractivity contribution < 1.29 is 4.79 Å². The smallest absolute Gasteiger partial charge is 0.267 e. The van der Waals surface area contributed by atoms with E-state index in [0.717, 1.165) is 23.6 Å². The number of nitrogens with zero attached hydrogens (tertiary/aromatic N) is 3. The monoisotopic (exact) mass is 292 g/mol. The van der Waals surface area contributed by atoms with Crippen LogP contribution in [0.5, 0.6) is 0 Å². The van der Waals surface area contributed by atoms with Crippen molar-refractivity contribution in [2.45, 2.75) is 27.2 Å². The Labute approximate surface area is 118 Å². The average Bonchev–Trinajstić information content (AvgIpc) is 2.75. The molecule has 0 fully saturated rings. The van der Waals surface area contributed by atoms with E-state index < -0.39 is 0 Å². The fourth-order valence-corrected chi connectivity index (χ4v) is 2.30. The lowest BCUT2D eigenvalue weighted by Crippen LogP contribution is -2.39. The number of hydrogen-bond acceptors (Lipinski definition) is 5. The Morgan fingerprint density at radius 2 is 2.11 bits per heavy atom. The Morgan fingerprint density at radius 3 is 2.61 bits per heavy atom. The van der Waals surface area contributed by atoms with Crippen LogP contribution in [0.2, 0.25) is 0 Å². The summed E-state index contributed by atoms with van der Waals surface area (Å²) in [7, 11) is 1.79. The van der Waals surface area contributed by atoms with Crippen molar-refractivity contribution in [1.82, 2.24) is 14.5 Å². The minimum Gasteiger partial charge on any atom is -0.340 e. The standard InChI is InChI=1S/C11H20N4OS.ClH/c1-5-8-9(17-14-13-8)10(16)15(4)7-11(2,3)6-12;/h5-7,12H2,1-4H3;1H. The van der Waals surface area contributed by atoms with Crippen molar-refractivity contribution >= 4 is 29.8 Å². The molecule has 1 aromatic rings. The quantitative estimate of drug-likeness (QED) is 0.894. The summed E-state index contributed by atoms with van der Waals surface area (Å²) < 4.78 is 3.83. The number of aromatic nitrogens is 2. The third kappa shape index (κ3) is 4.19. The molecule has 0 unspecified atom stereocenters. The largest absolute Gasteiger partial charge is 0.340 e. The van der Waals surface area contributed by atoms with Crippen LogP contribution in [0.25, 0.3) is 0 Å². The number of halogens is 1. The first-order chi connectivity index (χ1) is 7.91. The van der Waals surface area contributed by atoms with Crippen molar-refractivity contribution in [3.63, 3.8) is 0 Å². The lowest BCUT2D eigenvalue weighted by atomic mass is 9.93. The Kier molecular flexibility index (Phi) is 6.73. The number of carbonyl (C=O) groups is 1. The Balaban J connectivity index is 0.00000289. The molecule has 18 heavy (non-hydrogen) atoms. The van der Waals surface area contributed by atoms with E-state index in [9.17, 15) is 4.79 Å². The van der Waals surface area contributed by atoms with Crippen LogP contribution in [0.3, 0.4) is 0 Å². The van der Waals surface area contributed by atoms with Gasteiger partial charge in [0, 0.05) is 13.6 Å². The molecule has 5 nitrogen and oxygen atoms in total. The maximum atomic E-state index is 12.2. The summed E-state index contributed by atoms with van der Waals surface area (Å²) in [6.07, 6.45) is 0.728. The molecule has 0 spiro atoms. The van der Waals surface area contributed by atoms with Gasteiger partial charge in [-0.25, -0.2) is 0 Å². The van der Waals surface area contributed by atoms with Crippen LogP contribution < -0.4 is 5.73 Å². The zero-order chi connectivity index (χ0) is 13.1. The van der Waals surface area contributed by atoms with Gasteiger partial charge >= 0.3 is 0 Å². The fraction of sp³-hybridized carbons (Fsp3) is 0.727. The number of nitrogens with two attached hydrogens (primary N) is 1. The minimum absolute atomic E-state index is 0. The van der Waals surface area contributed by atoms with Crippen LogP contribution >= 0.6 is 23.9 Å². The van der Waals surface area contributed by atoms with E-state index in [2.05, 4.69) is 9.59 Å². The van der Waals surface area contributed by atoms with Crippen molar-refractivity contribution in [3.8, 4) is 0 Å². The van der Waals surface area contributed by atoms with E-state index in [1.54, 1.807) is 11.9 Å². The first kappa shape index (κ1) is 17.3. The molecule has 104 valence electrons. The molecule has 0 saturated heterocycles. The summed E-state index contributed by atoms with van der Waals surface area (Å²) in [5, 5.41) is 3.95. The third-order valence-corrected chi connectivity index (χ3v) is 3.41. The highest BCUT2D eigenvalue weighted by Crippen LogP contribution is 2.18. The predicted octanol–water partition coefficient (Wildman–Crippen LogP) is 1.58. The van der Waals surface area contributed by atoms with Gasteiger partial charge in [0.2, 0.25) is 0 Å². The summed E-state index contributed by atoms with van der Waals surface area (Å²) in [6.45, 7) is 7.23. The Morgan fingerprint density at radius 1 is 1.50 bits per heavy atom. The molecule has 0 saturated carbocycles. The third-order valence-electron chi connectivity index (χ3n) is 2.65. The highest BCUT2D eigenvalue weighted by Gasteiger charge is 2.24. The second-order valence-electron chi connectivity index (χ2n) is 4.93. The maximum Gasteiger partial charge on any atom is 0.267 e. The van der Waals surface area contributed by atoms with Crippen molar-refractivity contribution in [1.29, 1.82) is 0 Å². The van der Waals surface area contributed by atoms with Crippen LogP contribution in [0.1, 0.15) is 36.1 Å². The first-order valence-corrected chi connectivity index (χ1v) is 6.45. The molecule has 0 aliphatic carbocycles. The van der Waals surface area contributed by atoms with Gasteiger partial charge in [-0.2, -0.15) is 0 Å². The summed E-state index contributed by atoms with van der Waals surface area (Å²) in [4.78, 5) is 14.5. The molecule has 2 N–H and O–H groups in total. The van der Waals surface area contributed by atoms with Crippen molar-refractivity contribution in [3.05, 3.63) is 10.6 Å². The van der Waals surface area contributed by atoms with Crippen LogP contribution in [0, 0.1) is 5.41 Å². The number of hydrogen-bond donors (Lipinski definition) is 1. The van der Waals surface area contributed by atoms with Gasteiger partial charge in [0.25, 0.3) is 5.91 Å². The second kappa shape index (κ2) is 7.01. The summed E-state index contributed by atoms with van der Waals surface area (Å²) in [5.74, 6) is -0.0154. The molecule has 0 aliphatic rings. The highest BCUT2D eigenvalue weighted by atomic mass is 35.5.